The van der Waals surface area contributed by atoms with Gasteiger partial charge in [-0.2, -0.15) is 0 Å². The maximum atomic E-state index is 9.87. The largest absolute Gasteiger partial charge is 0.387 e. The van der Waals surface area contributed by atoms with Crippen LogP contribution < -0.4 is 0 Å². The van der Waals surface area contributed by atoms with E-state index in [9.17, 15) is 5.11 Å². The van der Waals surface area contributed by atoms with E-state index in [0.717, 1.165) is 0 Å². The Morgan fingerprint density at radius 2 is 1.90 bits per heavy atom. The molecule has 0 saturated carbocycles. The summed E-state index contributed by atoms with van der Waals surface area (Å²) in [6.45, 7) is 8.37. The molecule has 1 aliphatic rings. The maximum Gasteiger partial charge on any atom is 0.0949 e. The lowest BCUT2D eigenvalue weighted by Gasteiger charge is -2.33. The van der Waals surface area contributed by atoms with Crippen molar-refractivity contribution < 1.29 is 9.84 Å². The van der Waals surface area contributed by atoms with Gasteiger partial charge in [0.25, 0.3) is 0 Å². The van der Waals surface area contributed by atoms with Crippen LogP contribution in [0.15, 0.2) is 0 Å². The van der Waals surface area contributed by atoms with Gasteiger partial charge in [-0.25, -0.2) is 0 Å². The number of hydrogen-bond donors (Lipinski definition) is 1. The fourth-order valence-corrected chi connectivity index (χ4v) is 1.24. The molecule has 60 valence electrons. The fraction of sp³-hybridized carbons (Fsp3) is 1.00. The molecule has 2 nitrogen and oxygen atoms in total. The Balaban J connectivity index is 2.84. The van der Waals surface area contributed by atoms with Gasteiger partial charge in [0.2, 0.25) is 0 Å². The minimum absolute atomic E-state index is 0.238. The number of rotatable bonds is 0. The Morgan fingerprint density at radius 3 is 2.00 bits per heavy atom. The highest BCUT2D eigenvalue weighted by molar-refractivity contribution is 4.99. The SMILES string of the molecule is CC1COC(C)(C)C1(C)O. The van der Waals surface area contributed by atoms with Gasteiger partial charge in [0.15, 0.2) is 0 Å². The van der Waals surface area contributed by atoms with Crippen LogP contribution in [0.1, 0.15) is 27.7 Å². The highest BCUT2D eigenvalue weighted by Gasteiger charge is 2.50. The Morgan fingerprint density at radius 1 is 1.40 bits per heavy atom. The Kier molecular flexibility index (Phi) is 1.57. The minimum Gasteiger partial charge on any atom is -0.387 e. The molecule has 1 heterocycles. The Labute approximate surface area is 62.2 Å². The number of aliphatic hydroxyl groups is 1. The molecule has 0 bridgehead atoms. The van der Waals surface area contributed by atoms with Crippen LogP contribution in [0.3, 0.4) is 0 Å². The number of ether oxygens (including phenoxy) is 1. The Hall–Kier alpha value is -0.0800. The van der Waals surface area contributed by atoms with E-state index in [1.165, 1.54) is 0 Å². The van der Waals surface area contributed by atoms with Crippen molar-refractivity contribution in [2.75, 3.05) is 6.61 Å². The zero-order valence-electron chi connectivity index (χ0n) is 7.14. The molecule has 10 heavy (non-hydrogen) atoms. The van der Waals surface area contributed by atoms with Crippen molar-refractivity contribution in [1.82, 2.24) is 0 Å². The third-order valence-electron chi connectivity index (χ3n) is 2.87. The lowest BCUT2D eigenvalue weighted by molar-refractivity contribution is -0.0940. The first-order chi connectivity index (χ1) is 4.38. The van der Waals surface area contributed by atoms with Gasteiger partial charge in [0.05, 0.1) is 17.8 Å². The van der Waals surface area contributed by atoms with E-state index in [2.05, 4.69) is 0 Å². The molecule has 0 aromatic rings. The minimum atomic E-state index is -0.674. The molecule has 0 aliphatic carbocycles. The summed E-state index contributed by atoms with van der Waals surface area (Å²) >= 11 is 0. The molecule has 1 aliphatic heterocycles. The van der Waals surface area contributed by atoms with Crippen LogP contribution in [0, 0.1) is 5.92 Å². The van der Waals surface area contributed by atoms with E-state index >= 15 is 0 Å². The van der Waals surface area contributed by atoms with Gasteiger partial charge < -0.3 is 9.84 Å². The first kappa shape index (κ1) is 8.02. The molecule has 2 unspecified atom stereocenters. The fourth-order valence-electron chi connectivity index (χ4n) is 1.24. The smallest absolute Gasteiger partial charge is 0.0949 e. The summed E-state index contributed by atoms with van der Waals surface area (Å²) in [5.74, 6) is 0.238. The van der Waals surface area contributed by atoms with Crippen molar-refractivity contribution in [3.05, 3.63) is 0 Å². The maximum absolute atomic E-state index is 9.87. The normalized spacial score (nSPS) is 45.9. The van der Waals surface area contributed by atoms with Gasteiger partial charge in [-0.15, -0.1) is 0 Å². The molecule has 0 spiro atoms. The van der Waals surface area contributed by atoms with E-state index in [0.29, 0.717) is 6.61 Å². The van der Waals surface area contributed by atoms with Gasteiger partial charge >= 0.3 is 0 Å². The Bertz CT molecular complexity index is 138. The molecule has 1 fully saturated rings. The molecular formula is C8H16O2. The molecule has 0 aromatic heterocycles. The second-order valence-electron chi connectivity index (χ2n) is 3.87. The molecule has 2 heteroatoms. The van der Waals surface area contributed by atoms with Gasteiger partial charge in [0, 0.05) is 5.92 Å². The summed E-state index contributed by atoms with van der Waals surface area (Å²) in [6.07, 6.45) is 0. The lowest BCUT2D eigenvalue weighted by Crippen LogP contribution is -2.46. The van der Waals surface area contributed by atoms with E-state index in [1.807, 2.05) is 27.7 Å². The van der Waals surface area contributed by atoms with E-state index in [1.54, 1.807) is 0 Å². The predicted molar refractivity (Wildman–Crippen MR) is 39.8 cm³/mol. The van der Waals surface area contributed by atoms with Crippen LogP contribution in [0.25, 0.3) is 0 Å². The zero-order valence-corrected chi connectivity index (χ0v) is 7.14. The first-order valence-electron chi connectivity index (χ1n) is 3.74. The second-order valence-corrected chi connectivity index (χ2v) is 3.87. The summed E-state index contributed by atoms with van der Waals surface area (Å²) in [4.78, 5) is 0. The van der Waals surface area contributed by atoms with Crippen LogP contribution in [-0.2, 0) is 4.74 Å². The second kappa shape index (κ2) is 1.95. The van der Waals surface area contributed by atoms with Gasteiger partial charge in [-0.05, 0) is 20.8 Å². The average Bonchev–Trinajstić information content (AvgIpc) is 1.94. The summed E-state index contributed by atoms with van der Waals surface area (Å²) < 4.78 is 5.42. The lowest BCUT2D eigenvalue weighted by atomic mass is 9.81. The highest BCUT2D eigenvalue weighted by atomic mass is 16.5. The third kappa shape index (κ3) is 0.867. The van der Waals surface area contributed by atoms with E-state index < -0.39 is 5.60 Å². The van der Waals surface area contributed by atoms with Crippen molar-refractivity contribution >= 4 is 0 Å². The van der Waals surface area contributed by atoms with Gasteiger partial charge in [-0.3, -0.25) is 0 Å². The van der Waals surface area contributed by atoms with Crippen molar-refractivity contribution in [2.24, 2.45) is 5.92 Å². The average molecular weight is 144 g/mol. The van der Waals surface area contributed by atoms with Crippen LogP contribution in [0.5, 0.6) is 0 Å². The molecule has 0 amide bonds. The predicted octanol–water partition coefficient (Wildman–Crippen LogP) is 1.18. The van der Waals surface area contributed by atoms with Crippen LogP contribution in [0.4, 0.5) is 0 Å². The van der Waals surface area contributed by atoms with Crippen LogP contribution in [0.2, 0.25) is 0 Å². The highest BCUT2D eigenvalue weighted by Crippen LogP contribution is 2.38. The van der Waals surface area contributed by atoms with Gasteiger partial charge in [-0.1, -0.05) is 6.92 Å². The van der Waals surface area contributed by atoms with Crippen molar-refractivity contribution in [3.8, 4) is 0 Å². The molecule has 1 saturated heterocycles. The summed E-state index contributed by atoms with van der Waals surface area (Å²) in [5.41, 5.74) is -1.06. The van der Waals surface area contributed by atoms with E-state index in [-0.39, 0.29) is 11.5 Å². The van der Waals surface area contributed by atoms with Gasteiger partial charge in [0.1, 0.15) is 0 Å². The van der Waals surface area contributed by atoms with E-state index in [4.69, 9.17) is 4.74 Å². The monoisotopic (exact) mass is 144 g/mol. The van der Waals surface area contributed by atoms with Crippen LogP contribution >= 0.6 is 0 Å². The molecule has 0 radical (unpaired) electrons. The molecule has 2 atom stereocenters. The summed E-state index contributed by atoms with van der Waals surface area (Å²) in [6, 6.07) is 0. The molecule has 1 N–H and O–H groups in total. The quantitative estimate of drug-likeness (QED) is 0.553. The summed E-state index contributed by atoms with van der Waals surface area (Å²) in [7, 11) is 0. The topological polar surface area (TPSA) is 29.5 Å². The summed E-state index contributed by atoms with van der Waals surface area (Å²) in [5, 5.41) is 9.87. The molecular weight excluding hydrogens is 128 g/mol. The molecule has 1 rings (SSSR count). The standard InChI is InChI=1S/C8H16O2/c1-6-5-10-7(2,3)8(6,4)9/h6,9H,5H2,1-4H3. The zero-order chi connectivity index (χ0) is 7.99. The molecule has 0 aromatic carbocycles. The van der Waals surface area contributed by atoms with Crippen molar-refractivity contribution in [3.63, 3.8) is 0 Å². The van der Waals surface area contributed by atoms with Crippen molar-refractivity contribution in [1.29, 1.82) is 0 Å². The first-order valence-corrected chi connectivity index (χ1v) is 3.74. The van der Waals surface area contributed by atoms with Crippen molar-refractivity contribution in [2.45, 2.75) is 38.9 Å². The third-order valence-corrected chi connectivity index (χ3v) is 2.87. The van der Waals surface area contributed by atoms with Crippen LogP contribution in [-0.4, -0.2) is 22.9 Å². The number of hydrogen-bond acceptors (Lipinski definition) is 2.